The first-order chi connectivity index (χ1) is 14.8. The number of carboxylic acid groups (broad SMARTS) is 1. The number of benzene rings is 2. The summed E-state index contributed by atoms with van der Waals surface area (Å²) < 4.78 is 18.7. The van der Waals surface area contributed by atoms with Crippen LogP contribution in [0, 0.1) is 0 Å². The highest BCUT2D eigenvalue weighted by atomic mass is 79.9. The van der Waals surface area contributed by atoms with Gasteiger partial charge in [0.2, 0.25) is 0 Å². The van der Waals surface area contributed by atoms with Gasteiger partial charge in [0.25, 0.3) is 0 Å². The number of halogens is 2. The lowest BCUT2D eigenvalue weighted by molar-refractivity contribution is 0.0605. The van der Waals surface area contributed by atoms with E-state index in [4.69, 9.17) is 14.6 Å². The van der Waals surface area contributed by atoms with Crippen molar-refractivity contribution in [2.45, 2.75) is 0 Å². The third-order valence-electron chi connectivity index (χ3n) is 4.18. The van der Waals surface area contributed by atoms with Gasteiger partial charge in [-0.1, -0.05) is 0 Å². The number of carbonyl (C=O) groups excluding carboxylic acids is 1. The lowest BCUT2D eigenvalue weighted by atomic mass is 10.2. The highest BCUT2D eigenvalue weighted by Crippen LogP contribution is 2.36. The van der Waals surface area contributed by atoms with Crippen LogP contribution in [0.25, 0.3) is 20.2 Å². The first-order valence-electron chi connectivity index (χ1n) is 8.63. The summed E-state index contributed by atoms with van der Waals surface area (Å²) >= 11 is 9.42. The number of carboxylic acids is 1. The molecule has 4 aromatic rings. The van der Waals surface area contributed by atoms with Gasteiger partial charge in [0, 0.05) is 9.40 Å². The lowest BCUT2D eigenvalue weighted by Gasteiger charge is -2.01. The van der Waals surface area contributed by atoms with Gasteiger partial charge in [0.15, 0.2) is 0 Å². The Morgan fingerprint density at radius 3 is 1.65 bits per heavy atom. The molecule has 1 N–H and O–H groups in total. The van der Waals surface area contributed by atoms with Crippen molar-refractivity contribution in [1.82, 2.24) is 0 Å². The second-order valence-corrected chi connectivity index (χ2v) is 9.94. The molecule has 0 spiro atoms. The van der Waals surface area contributed by atoms with Crippen molar-refractivity contribution < 1.29 is 28.9 Å². The highest BCUT2D eigenvalue weighted by Gasteiger charge is 2.13. The van der Waals surface area contributed by atoms with Crippen LogP contribution in [0.1, 0.15) is 19.3 Å². The normalized spacial score (nSPS) is 10.5. The molecule has 0 bridgehead atoms. The van der Waals surface area contributed by atoms with Gasteiger partial charge in [-0.25, -0.2) is 9.59 Å². The average Bonchev–Trinajstić information content (AvgIpc) is 3.35. The van der Waals surface area contributed by atoms with E-state index in [0.29, 0.717) is 15.5 Å². The quantitative estimate of drug-likeness (QED) is 0.264. The van der Waals surface area contributed by atoms with Gasteiger partial charge in [-0.3, -0.25) is 0 Å². The van der Waals surface area contributed by atoms with Gasteiger partial charge in [0.1, 0.15) is 21.3 Å². The van der Waals surface area contributed by atoms with Crippen LogP contribution in [0.3, 0.4) is 0 Å². The van der Waals surface area contributed by atoms with E-state index >= 15 is 0 Å². The molecule has 31 heavy (non-hydrogen) atoms. The zero-order chi connectivity index (χ0) is 22.7. The van der Waals surface area contributed by atoms with Crippen LogP contribution in [-0.4, -0.2) is 38.4 Å². The molecule has 0 amide bonds. The van der Waals surface area contributed by atoms with Gasteiger partial charge in [-0.05, 0) is 79.0 Å². The van der Waals surface area contributed by atoms with Crippen LogP contribution in [0.4, 0.5) is 0 Å². The Balaban J connectivity index is 0.000000176. The Bertz CT molecular complexity index is 1280. The van der Waals surface area contributed by atoms with E-state index in [1.165, 1.54) is 29.8 Å². The van der Waals surface area contributed by atoms with Crippen LogP contribution in [0.15, 0.2) is 45.3 Å². The van der Waals surface area contributed by atoms with Gasteiger partial charge < -0.3 is 19.3 Å². The summed E-state index contributed by atoms with van der Waals surface area (Å²) in [4.78, 5) is 23.1. The molecule has 2 heterocycles. The van der Waals surface area contributed by atoms with Gasteiger partial charge >= 0.3 is 11.9 Å². The molecule has 0 saturated carbocycles. The van der Waals surface area contributed by atoms with E-state index in [9.17, 15) is 9.59 Å². The van der Waals surface area contributed by atoms with E-state index < -0.39 is 5.97 Å². The molecule has 0 aliphatic carbocycles. The number of aromatic carboxylic acids is 1. The Morgan fingerprint density at radius 2 is 1.23 bits per heavy atom. The summed E-state index contributed by atoms with van der Waals surface area (Å²) in [5.74, 6) is 0.251. The van der Waals surface area contributed by atoms with Crippen LogP contribution >= 0.6 is 54.5 Å². The number of hydrogen-bond acceptors (Lipinski definition) is 7. The number of rotatable bonds is 4. The first kappa shape index (κ1) is 23.5. The fraction of sp³-hybridized carbons (Fsp3) is 0.143. The predicted molar refractivity (Wildman–Crippen MR) is 130 cm³/mol. The van der Waals surface area contributed by atoms with E-state index in [0.717, 1.165) is 34.9 Å². The molecule has 10 heteroatoms. The fourth-order valence-electron chi connectivity index (χ4n) is 2.70. The Hall–Kier alpha value is -2.14. The number of ether oxygens (including phenoxy) is 3. The summed E-state index contributed by atoms with van der Waals surface area (Å²) in [6.45, 7) is 0. The first-order valence-corrected chi connectivity index (χ1v) is 11.8. The van der Waals surface area contributed by atoms with Crippen LogP contribution in [-0.2, 0) is 4.74 Å². The molecule has 0 unspecified atom stereocenters. The maximum atomic E-state index is 11.4. The zero-order valence-electron chi connectivity index (χ0n) is 16.5. The second-order valence-electron chi connectivity index (χ2n) is 6.07. The topological polar surface area (TPSA) is 82.1 Å². The van der Waals surface area contributed by atoms with Crippen LogP contribution in [0.2, 0.25) is 0 Å². The average molecular weight is 588 g/mol. The summed E-state index contributed by atoms with van der Waals surface area (Å²) in [6, 6.07) is 11.0. The standard InChI is InChI=1S/C11H9BrO3S.C10H7BrO3S/c1-14-8-3-6-4-10(11(13)15-2)16-9(6)5-7(8)12;1-14-7-2-5-3-9(10(12)13)15-8(5)4-6(7)11/h3-5H,1-2H3;2-4H,1H3,(H,12,13). The van der Waals surface area contributed by atoms with Gasteiger partial charge in [-0.15, -0.1) is 22.7 Å². The van der Waals surface area contributed by atoms with Crippen molar-refractivity contribution in [3.63, 3.8) is 0 Å². The summed E-state index contributed by atoms with van der Waals surface area (Å²) in [6.07, 6.45) is 0. The largest absolute Gasteiger partial charge is 0.496 e. The zero-order valence-corrected chi connectivity index (χ0v) is 21.3. The maximum Gasteiger partial charge on any atom is 0.348 e. The number of esters is 1. The molecule has 0 saturated heterocycles. The van der Waals surface area contributed by atoms with E-state index in [-0.39, 0.29) is 5.97 Å². The minimum absolute atomic E-state index is 0.309. The number of methoxy groups -OCH3 is 3. The molecule has 2 aromatic carbocycles. The molecule has 0 radical (unpaired) electrons. The van der Waals surface area contributed by atoms with Gasteiger partial charge in [0.05, 0.1) is 30.3 Å². The minimum atomic E-state index is -0.897. The van der Waals surface area contributed by atoms with E-state index in [1.807, 2.05) is 24.3 Å². The molecule has 0 aliphatic heterocycles. The molecule has 0 aliphatic rings. The SMILES string of the molecule is COC(=O)c1cc2cc(OC)c(Br)cc2s1.COc1cc2cc(C(=O)O)sc2cc1Br. The van der Waals surface area contributed by atoms with Crippen molar-refractivity contribution in [1.29, 1.82) is 0 Å². The fourth-order valence-corrected chi connectivity index (χ4v) is 5.94. The monoisotopic (exact) mass is 586 g/mol. The predicted octanol–water partition coefficient (Wildman–Crippen LogP) is 6.83. The second kappa shape index (κ2) is 9.99. The van der Waals surface area contributed by atoms with Crippen molar-refractivity contribution in [2.75, 3.05) is 21.3 Å². The lowest BCUT2D eigenvalue weighted by Crippen LogP contribution is -1.96. The Kier molecular flexibility index (Phi) is 7.58. The molecule has 0 atom stereocenters. The molecule has 6 nitrogen and oxygen atoms in total. The van der Waals surface area contributed by atoms with Crippen molar-refractivity contribution in [2.24, 2.45) is 0 Å². The minimum Gasteiger partial charge on any atom is -0.496 e. The van der Waals surface area contributed by atoms with Gasteiger partial charge in [-0.2, -0.15) is 0 Å². The van der Waals surface area contributed by atoms with Crippen LogP contribution in [0.5, 0.6) is 11.5 Å². The summed E-state index contributed by atoms with van der Waals surface area (Å²) in [5.41, 5.74) is 0. The molecule has 2 aromatic heterocycles. The number of thiophene rings is 2. The van der Waals surface area contributed by atoms with Crippen molar-refractivity contribution in [3.05, 3.63) is 55.1 Å². The Morgan fingerprint density at radius 1 is 0.774 bits per heavy atom. The highest BCUT2D eigenvalue weighted by molar-refractivity contribution is 9.11. The molecular formula is C21H16Br2O6S2. The van der Waals surface area contributed by atoms with E-state index in [2.05, 4.69) is 36.6 Å². The van der Waals surface area contributed by atoms with Crippen molar-refractivity contribution >= 4 is 86.6 Å². The summed E-state index contributed by atoms with van der Waals surface area (Å²) in [7, 11) is 4.57. The third-order valence-corrected chi connectivity index (χ3v) is 7.58. The molecule has 4 rings (SSSR count). The van der Waals surface area contributed by atoms with Crippen molar-refractivity contribution in [3.8, 4) is 11.5 Å². The molecule has 0 fully saturated rings. The molecule has 162 valence electrons. The smallest absolute Gasteiger partial charge is 0.348 e. The summed E-state index contributed by atoms with van der Waals surface area (Å²) in [5, 5.41) is 10.7. The number of fused-ring (bicyclic) bond motifs is 2. The number of carbonyl (C=O) groups is 2. The number of hydrogen-bond donors (Lipinski definition) is 1. The maximum absolute atomic E-state index is 11.4. The Labute approximate surface area is 202 Å². The van der Waals surface area contributed by atoms with E-state index in [1.54, 1.807) is 26.4 Å². The third kappa shape index (κ3) is 5.20. The molecular weight excluding hydrogens is 572 g/mol. The van der Waals surface area contributed by atoms with Crippen LogP contribution < -0.4 is 9.47 Å².